The molecule has 0 aromatic rings. The number of nitrogens with two attached hydrogens (primary N) is 1. The van der Waals surface area contributed by atoms with Gasteiger partial charge in [-0.05, 0) is 25.7 Å². The molecule has 9 nitrogen and oxygen atoms in total. The number of esters is 1. The van der Waals surface area contributed by atoms with Gasteiger partial charge < -0.3 is 25.4 Å². The number of nitrogens with one attached hydrogen (secondary N) is 1. The zero-order chi connectivity index (χ0) is 21.1. The quantitative estimate of drug-likeness (QED) is 0.312. The van der Waals surface area contributed by atoms with Crippen LogP contribution in [-0.4, -0.2) is 73.0 Å². The standard InChI is InChI=1S/C19H31N3O6/c1-5-9-21-17(26)19(11-28-19)16(25)18(3,6-2)13(20)14(23)22-10-7-8-12(22)15(24)27-4/h12-13H,5-11,20H2,1-4H3,(H,21,26)/t12-,13+,18+,19?/m0/s1. The van der Waals surface area contributed by atoms with Crippen LogP contribution in [0.3, 0.4) is 0 Å². The fourth-order valence-electron chi connectivity index (χ4n) is 3.66. The van der Waals surface area contributed by atoms with Gasteiger partial charge in [-0.3, -0.25) is 14.4 Å². The molecular weight excluding hydrogens is 366 g/mol. The Morgan fingerprint density at radius 1 is 1.36 bits per heavy atom. The van der Waals surface area contributed by atoms with E-state index in [1.807, 2.05) is 6.92 Å². The maximum atomic E-state index is 13.3. The van der Waals surface area contributed by atoms with Crippen LogP contribution in [0.1, 0.15) is 46.5 Å². The van der Waals surface area contributed by atoms with Crippen LogP contribution in [0.2, 0.25) is 0 Å². The molecule has 0 bridgehead atoms. The van der Waals surface area contributed by atoms with Crippen LogP contribution in [0.4, 0.5) is 0 Å². The molecule has 2 aliphatic heterocycles. The predicted octanol–water partition coefficient (Wildman–Crippen LogP) is -0.242. The minimum absolute atomic E-state index is 0.0214. The van der Waals surface area contributed by atoms with Gasteiger partial charge >= 0.3 is 5.97 Å². The van der Waals surface area contributed by atoms with Crippen molar-refractivity contribution < 1.29 is 28.7 Å². The summed E-state index contributed by atoms with van der Waals surface area (Å²) in [5.74, 6) is -1.98. The molecule has 0 spiro atoms. The van der Waals surface area contributed by atoms with Gasteiger partial charge in [-0.1, -0.05) is 20.8 Å². The number of ketones is 1. The second-order valence-electron chi connectivity index (χ2n) is 7.66. The number of carbonyl (C=O) groups is 4. The van der Waals surface area contributed by atoms with Crippen molar-refractivity contribution in [2.45, 2.75) is 64.1 Å². The lowest BCUT2D eigenvalue weighted by Crippen LogP contribution is -2.61. The molecule has 0 aromatic heterocycles. The second-order valence-corrected chi connectivity index (χ2v) is 7.66. The van der Waals surface area contributed by atoms with Crippen molar-refractivity contribution in [2.75, 3.05) is 26.8 Å². The van der Waals surface area contributed by atoms with Gasteiger partial charge in [0.25, 0.3) is 5.91 Å². The number of epoxide rings is 1. The van der Waals surface area contributed by atoms with Crippen LogP contribution in [0.25, 0.3) is 0 Å². The number of ether oxygens (including phenoxy) is 2. The van der Waals surface area contributed by atoms with Crippen LogP contribution in [0.15, 0.2) is 0 Å². The summed E-state index contributed by atoms with van der Waals surface area (Å²) in [5, 5.41) is 2.68. The largest absolute Gasteiger partial charge is 0.467 e. The highest BCUT2D eigenvalue weighted by Crippen LogP contribution is 2.40. The first-order chi connectivity index (χ1) is 13.2. The van der Waals surface area contributed by atoms with Gasteiger partial charge in [0.15, 0.2) is 5.78 Å². The van der Waals surface area contributed by atoms with E-state index in [0.29, 0.717) is 25.9 Å². The highest BCUT2D eigenvalue weighted by atomic mass is 16.6. The smallest absolute Gasteiger partial charge is 0.328 e. The van der Waals surface area contributed by atoms with Crippen LogP contribution in [0.5, 0.6) is 0 Å². The molecule has 28 heavy (non-hydrogen) atoms. The summed E-state index contributed by atoms with van der Waals surface area (Å²) in [4.78, 5) is 52.2. The molecule has 2 heterocycles. The topological polar surface area (TPSA) is 131 Å². The van der Waals surface area contributed by atoms with Crippen LogP contribution < -0.4 is 11.1 Å². The molecule has 0 aromatic carbocycles. The number of methoxy groups -OCH3 is 1. The summed E-state index contributed by atoms with van der Waals surface area (Å²) in [5.41, 5.74) is 3.38. The van der Waals surface area contributed by atoms with Gasteiger partial charge in [0, 0.05) is 13.1 Å². The second kappa shape index (κ2) is 8.57. The number of hydrogen-bond donors (Lipinski definition) is 2. The Morgan fingerprint density at radius 3 is 2.50 bits per heavy atom. The van der Waals surface area contributed by atoms with E-state index in [9.17, 15) is 19.2 Å². The Bertz CT molecular complexity index is 648. The van der Waals surface area contributed by atoms with Crippen LogP contribution >= 0.6 is 0 Å². The highest BCUT2D eigenvalue weighted by Gasteiger charge is 2.64. The molecule has 2 aliphatic rings. The monoisotopic (exact) mass is 397 g/mol. The number of likely N-dealkylation sites (tertiary alicyclic amines) is 1. The Labute approximate surface area is 165 Å². The minimum atomic E-state index is -1.58. The summed E-state index contributed by atoms with van der Waals surface area (Å²) >= 11 is 0. The fourth-order valence-corrected chi connectivity index (χ4v) is 3.66. The summed E-state index contributed by atoms with van der Waals surface area (Å²) in [6, 6.07) is -1.89. The average molecular weight is 397 g/mol. The first-order valence-corrected chi connectivity index (χ1v) is 9.80. The van der Waals surface area contributed by atoms with E-state index in [-0.39, 0.29) is 13.0 Å². The van der Waals surface area contributed by atoms with Crippen molar-refractivity contribution in [3.63, 3.8) is 0 Å². The van der Waals surface area contributed by atoms with Gasteiger partial charge in [-0.2, -0.15) is 0 Å². The molecule has 2 fully saturated rings. The molecular formula is C19H31N3O6. The Hall–Kier alpha value is -2.00. The Morgan fingerprint density at radius 2 is 2.00 bits per heavy atom. The highest BCUT2D eigenvalue weighted by molar-refractivity contribution is 6.15. The molecule has 0 aliphatic carbocycles. The van der Waals surface area contributed by atoms with E-state index in [1.54, 1.807) is 13.8 Å². The molecule has 2 rings (SSSR count). The van der Waals surface area contributed by atoms with E-state index in [0.717, 1.165) is 6.42 Å². The lowest BCUT2D eigenvalue weighted by molar-refractivity contribution is -0.154. The molecule has 1 unspecified atom stereocenters. The third-order valence-electron chi connectivity index (χ3n) is 5.92. The summed E-state index contributed by atoms with van der Waals surface area (Å²) in [7, 11) is 1.27. The number of nitrogens with zero attached hydrogens (tertiary/aromatic N) is 1. The Kier molecular flexibility index (Phi) is 6.82. The first-order valence-electron chi connectivity index (χ1n) is 9.80. The van der Waals surface area contributed by atoms with Gasteiger partial charge in [0.1, 0.15) is 6.04 Å². The molecule has 0 saturated carbocycles. The van der Waals surface area contributed by atoms with E-state index in [2.05, 4.69) is 5.32 Å². The van der Waals surface area contributed by atoms with Crippen molar-refractivity contribution >= 4 is 23.6 Å². The normalized spacial score (nSPS) is 26.9. The molecule has 4 atom stereocenters. The van der Waals surface area contributed by atoms with E-state index >= 15 is 0 Å². The Balaban J connectivity index is 2.22. The molecule has 2 saturated heterocycles. The van der Waals surface area contributed by atoms with Crippen LogP contribution in [0, 0.1) is 5.41 Å². The maximum absolute atomic E-state index is 13.3. The van der Waals surface area contributed by atoms with Crippen LogP contribution in [-0.2, 0) is 28.7 Å². The number of hydrogen-bond acceptors (Lipinski definition) is 7. The van der Waals surface area contributed by atoms with Crippen molar-refractivity contribution in [3.8, 4) is 0 Å². The SMILES string of the molecule is CCCNC(=O)C1(C(=O)[C@](C)(CC)[C@H](N)C(=O)N2CCC[C@H]2C(=O)OC)CO1. The third kappa shape index (κ3) is 3.77. The van der Waals surface area contributed by atoms with Gasteiger partial charge in [-0.25, -0.2) is 4.79 Å². The zero-order valence-electron chi connectivity index (χ0n) is 17.1. The number of Topliss-reactive ketones (excluding diaryl/α,β-unsaturated/α-hetero) is 1. The predicted molar refractivity (Wildman–Crippen MR) is 100 cm³/mol. The first kappa shape index (κ1) is 22.3. The van der Waals surface area contributed by atoms with Gasteiger partial charge in [-0.15, -0.1) is 0 Å². The number of carbonyl (C=O) groups excluding carboxylic acids is 4. The van der Waals surface area contributed by atoms with Gasteiger partial charge in [0.2, 0.25) is 11.5 Å². The molecule has 2 amide bonds. The summed E-state index contributed by atoms with van der Waals surface area (Å²) in [6.07, 6.45) is 2.13. The minimum Gasteiger partial charge on any atom is -0.467 e. The molecule has 9 heteroatoms. The summed E-state index contributed by atoms with van der Waals surface area (Å²) in [6.45, 7) is 6.01. The van der Waals surface area contributed by atoms with Gasteiger partial charge in [0.05, 0.1) is 25.2 Å². The molecule has 0 radical (unpaired) electrons. The third-order valence-corrected chi connectivity index (χ3v) is 5.92. The molecule has 3 N–H and O–H groups in total. The lowest BCUT2D eigenvalue weighted by atomic mass is 9.71. The fraction of sp³-hybridized carbons (Fsp3) is 0.789. The van der Waals surface area contributed by atoms with E-state index in [1.165, 1.54) is 12.0 Å². The summed E-state index contributed by atoms with van der Waals surface area (Å²) < 4.78 is 10.1. The van der Waals surface area contributed by atoms with Crippen molar-refractivity contribution in [1.82, 2.24) is 10.2 Å². The van der Waals surface area contributed by atoms with E-state index < -0.39 is 46.7 Å². The lowest BCUT2D eigenvalue weighted by Gasteiger charge is -2.36. The van der Waals surface area contributed by atoms with Crippen molar-refractivity contribution in [2.24, 2.45) is 11.1 Å². The van der Waals surface area contributed by atoms with E-state index in [4.69, 9.17) is 15.2 Å². The number of amides is 2. The van der Waals surface area contributed by atoms with Crippen molar-refractivity contribution in [1.29, 1.82) is 0 Å². The molecule has 158 valence electrons. The maximum Gasteiger partial charge on any atom is 0.328 e. The average Bonchev–Trinajstić information content (AvgIpc) is 3.38. The van der Waals surface area contributed by atoms with Crippen molar-refractivity contribution in [3.05, 3.63) is 0 Å². The zero-order valence-corrected chi connectivity index (χ0v) is 17.1. The number of rotatable bonds is 9.